The Balaban J connectivity index is 2.50. The number of nitrogens with two attached hydrogens (primary N) is 1. The number of ether oxygens (including phenoxy) is 1. The van der Waals surface area contributed by atoms with Crippen molar-refractivity contribution in [3.8, 4) is 5.75 Å². The van der Waals surface area contributed by atoms with Gasteiger partial charge in [-0.1, -0.05) is 12.8 Å². The number of halogens is 1. The Labute approximate surface area is 118 Å². The van der Waals surface area contributed by atoms with Gasteiger partial charge < -0.3 is 10.5 Å². The highest BCUT2D eigenvalue weighted by atomic mass is 79.9. The zero-order valence-electron chi connectivity index (χ0n) is 11.4. The van der Waals surface area contributed by atoms with Gasteiger partial charge in [0.2, 0.25) is 0 Å². The van der Waals surface area contributed by atoms with Crippen LogP contribution in [0, 0.1) is 0 Å². The molecule has 0 spiro atoms. The molecule has 1 fully saturated rings. The van der Waals surface area contributed by atoms with Crippen molar-refractivity contribution < 1.29 is 4.74 Å². The van der Waals surface area contributed by atoms with Crippen LogP contribution in [0.3, 0.4) is 0 Å². The van der Waals surface area contributed by atoms with Crippen molar-refractivity contribution in [1.82, 2.24) is 0 Å². The van der Waals surface area contributed by atoms with Crippen LogP contribution in [0.5, 0.6) is 5.75 Å². The van der Waals surface area contributed by atoms with Crippen molar-refractivity contribution >= 4 is 15.9 Å². The summed E-state index contributed by atoms with van der Waals surface area (Å²) in [6, 6.07) is 4.32. The molecule has 0 radical (unpaired) electrons. The molecular formula is C15H22BrNO. The summed E-state index contributed by atoms with van der Waals surface area (Å²) < 4.78 is 6.59. The Bertz CT molecular complexity index is 431. The summed E-state index contributed by atoms with van der Waals surface area (Å²) in [7, 11) is 1.74. The lowest BCUT2D eigenvalue weighted by Crippen LogP contribution is -2.28. The van der Waals surface area contributed by atoms with Gasteiger partial charge in [-0.05, 0) is 71.8 Å². The number of hydrogen-bond acceptors (Lipinski definition) is 2. The van der Waals surface area contributed by atoms with Gasteiger partial charge in [-0.3, -0.25) is 0 Å². The summed E-state index contributed by atoms with van der Waals surface area (Å²) in [6.07, 6.45) is 5.16. The first kappa shape index (κ1) is 13.9. The van der Waals surface area contributed by atoms with Crippen LogP contribution in [-0.2, 0) is 5.54 Å². The molecule has 0 aliphatic heterocycles. The van der Waals surface area contributed by atoms with Crippen LogP contribution in [0.1, 0.15) is 56.6 Å². The van der Waals surface area contributed by atoms with Crippen LogP contribution in [0.25, 0.3) is 0 Å². The van der Waals surface area contributed by atoms with E-state index in [4.69, 9.17) is 10.5 Å². The molecule has 3 heteroatoms. The number of benzene rings is 1. The lowest BCUT2D eigenvalue weighted by atomic mass is 9.89. The van der Waals surface area contributed by atoms with Crippen molar-refractivity contribution in [3.63, 3.8) is 0 Å². The van der Waals surface area contributed by atoms with Crippen LogP contribution in [0.4, 0.5) is 0 Å². The molecule has 1 aromatic carbocycles. The van der Waals surface area contributed by atoms with Crippen LogP contribution >= 0.6 is 15.9 Å². The van der Waals surface area contributed by atoms with Gasteiger partial charge in [0.15, 0.2) is 0 Å². The number of rotatable bonds is 3. The highest BCUT2D eigenvalue weighted by Crippen LogP contribution is 2.43. The predicted octanol–water partition coefficient (Wildman–Crippen LogP) is 4.31. The van der Waals surface area contributed by atoms with Gasteiger partial charge in [-0.15, -0.1) is 0 Å². The summed E-state index contributed by atoms with van der Waals surface area (Å²) in [5, 5.41) is 0. The molecule has 100 valence electrons. The minimum atomic E-state index is -0.317. The zero-order chi connectivity index (χ0) is 13.3. The molecule has 0 unspecified atom stereocenters. The molecule has 0 atom stereocenters. The van der Waals surface area contributed by atoms with Gasteiger partial charge in [0.05, 0.1) is 11.6 Å². The summed E-state index contributed by atoms with van der Waals surface area (Å²) in [6.45, 7) is 4.08. The molecule has 18 heavy (non-hydrogen) atoms. The second-order valence-electron chi connectivity index (χ2n) is 5.78. The van der Waals surface area contributed by atoms with Crippen LogP contribution in [0.15, 0.2) is 16.6 Å². The van der Waals surface area contributed by atoms with E-state index in [1.807, 2.05) is 13.8 Å². The molecule has 0 saturated heterocycles. The second-order valence-corrected chi connectivity index (χ2v) is 6.64. The van der Waals surface area contributed by atoms with Crippen LogP contribution in [-0.4, -0.2) is 7.11 Å². The lowest BCUT2D eigenvalue weighted by molar-refractivity contribution is 0.401. The summed E-state index contributed by atoms with van der Waals surface area (Å²) in [5.41, 5.74) is 8.39. The van der Waals surface area contributed by atoms with E-state index in [1.165, 1.54) is 31.2 Å². The Hall–Kier alpha value is -0.540. The first-order chi connectivity index (χ1) is 8.43. The lowest BCUT2D eigenvalue weighted by Gasteiger charge is -2.24. The van der Waals surface area contributed by atoms with E-state index < -0.39 is 0 Å². The zero-order valence-corrected chi connectivity index (χ0v) is 13.0. The first-order valence-corrected chi connectivity index (χ1v) is 7.39. The van der Waals surface area contributed by atoms with E-state index in [1.54, 1.807) is 7.11 Å². The molecule has 1 saturated carbocycles. The Morgan fingerprint density at radius 1 is 1.28 bits per heavy atom. The van der Waals surface area contributed by atoms with Gasteiger partial charge in [-0.25, -0.2) is 0 Å². The van der Waals surface area contributed by atoms with Gasteiger partial charge in [-0.2, -0.15) is 0 Å². The molecule has 0 heterocycles. The van der Waals surface area contributed by atoms with Crippen molar-refractivity contribution in [3.05, 3.63) is 27.7 Å². The summed E-state index contributed by atoms with van der Waals surface area (Å²) in [4.78, 5) is 0. The maximum Gasteiger partial charge on any atom is 0.136 e. The minimum absolute atomic E-state index is 0.317. The quantitative estimate of drug-likeness (QED) is 0.902. The van der Waals surface area contributed by atoms with Crippen LogP contribution in [0.2, 0.25) is 0 Å². The van der Waals surface area contributed by atoms with E-state index >= 15 is 0 Å². The SMILES string of the molecule is COc1c(Br)cc(C(C)(C)N)cc1C1CCCC1. The van der Waals surface area contributed by atoms with Crippen molar-refractivity contribution in [1.29, 1.82) is 0 Å². The van der Waals surface area contributed by atoms with Crippen molar-refractivity contribution in [2.45, 2.75) is 51.0 Å². The first-order valence-electron chi connectivity index (χ1n) is 6.60. The van der Waals surface area contributed by atoms with Crippen molar-refractivity contribution in [2.75, 3.05) is 7.11 Å². The second kappa shape index (κ2) is 5.22. The van der Waals surface area contributed by atoms with Gasteiger partial charge in [0, 0.05) is 5.54 Å². The highest BCUT2D eigenvalue weighted by Gasteiger charge is 2.25. The third kappa shape index (κ3) is 2.72. The average molecular weight is 312 g/mol. The molecule has 0 amide bonds. The molecule has 1 aliphatic carbocycles. The van der Waals surface area contributed by atoms with E-state index in [0.717, 1.165) is 15.8 Å². The molecule has 1 aromatic rings. The third-order valence-electron chi connectivity index (χ3n) is 3.82. The van der Waals surface area contributed by atoms with Crippen LogP contribution < -0.4 is 10.5 Å². The molecular weight excluding hydrogens is 290 g/mol. The maximum absolute atomic E-state index is 6.22. The normalized spacial score (nSPS) is 17.2. The summed E-state index contributed by atoms with van der Waals surface area (Å²) >= 11 is 3.62. The third-order valence-corrected chi connectivity index (χ3v) is 4.40. The highest BCUT2D eigenvalue weighted by molar-refractivity contribution is 9.10. The topological polar surface area (TPSA) is 35.2 Å². The summed E-state index contributed by atoms with van der Waals surface area (Å²) in [5.74, 6) is 1.61. The average Bonchev–Trinajstić information content (AvgIpc) is 2.79. The van der Waals surface area contributed by atoms with Gasteiger partial charge >= 0.3 is 0 Å². The van der Waals surface area contributed by atoms with Gasteiger partial charge in [0.25, 0.3) is 0 Å². The molecule has 2 rings (SSSR count). The molecule has 2 N–H and O–H groups in total. The minimum Gasteiger partial charge on any atom is -0.495 e. The predicted molar refractivity (Wildman–Crippen MR) is 79.1 cm³/mol. The van der Waals surface area contributed by atoms with E-state index in [2.05, 4.69) is 28.1 Å². The van der Waals surface area contributed by atoms with E-state index in [-0.39, 0.29) is 5.54 Å². The smallest absolute Gasteiger partial charge is 0.136 e. The fourth-order valence-corrected chi connectivity index (χ4v) is 3.38. The Morgan fingerprint density at radius 2 is 1.89 bits per heavy atom. The monoisotopic (exact) mass is 311 g/mol. The number of hydrogen-bond donors (Lipinski definition) is 1. The van der Waals surface area contributed by atoms with E-state index in [9.17, 15) is 0 Å². The van der Waals surface area contributed by atoms with Gasteiger partial charge in [0.1, 0.15) is 5.75 Å². The largest absolute Gasteiger partial charge is 0.495 e. The fourth-order valence-electron chi connectivity index (χ4n) is 2.74. The maximum atomic E-state index is 6.22. The number of methoxy groups -OCH3 is 1. The molecule has 1 aliphatic rings. The van der Waals surface area contributed by atoms with E-state index in [0.29, 0.717) is 5.92 Å². The molecule has 2 nitrogen and oxygen atoms in total. The molecule has 0 aromatic heterocycles. The van der Waals surface area contributed by atoms with Crippen molar-refractivity contribution in [2.24, 2.45) is 5.73 Å². The Morgan fingerprint density at radius 3 is 2.39 bits per heavy atom. The fraction of sp³-hybridized carbons (Fsp3) is 0.600. The standard InChI is InChI=1S/C15H22BrNO/c1-15(2,17)11-8-12(10-6-4-5-7-10)14(18-3)13(16)9-11/h8-10H,4-7,17H2,1-3H3. The molecule has 0 bridgehead atoms. The Kier molecular flexibility index (Phi) is 4.02.